The molecule has 0 amide bonds. The lowest BCUT2D eigenvalue weighted by atomic mass is 9.26. The molecule has 1 saturated heterocycles. The second-order valence-corrected chi connectivity index (χ2v) is 8.83. The third-order valence-corrected chi connectivity index (χ3v) is 7.34. The van der Waals surface area contributed by atoms with E-state index in [-0.39, 0.29) is 0 Å². The number of rotatable bonds is 2. The average Bonchev–Trinajstić information content (AvgIpc) is 2.66. The van der Waals surface area contributed by atoms with Crippen LogP contribution in [0.5, 0.6) is 0 Å². The van der Waals surface area contributed by atoms with Crippen LogP contribution in [0, 0.1) is 29.1 Å². The summed E-state index contributed by atoms with van der Waals surface area (Å²) in [4.78, 5) is 0. The van der Waals surface area contributed by atoms with Crippen molar-refractivity contribution in [3.63, 3.8) is 0 Å². The van der Waals surface area contributed by atoms with Crippen LogP contribution in [0.1, 0.15) is 66.2 Å². The van der Waals surface area contributed by atoms with E-state index in [2.05, 4.69) is 27.7 Å². The Labute approximate surface area is 121 Å². The Morgan fingerprint density at radius 3 is 2.11 bits per heavy atom. The van der Waals surface area contributed by atoms with Crippen molar-refractivity contribution in [2.75, 3.05) is 0 Å². The molecule has 4 rings (SSSR count). The lowest BCUT2D eigenvalue weighted by Gasteiger charge is -2.65. The first kappa shape index (κ1) is 14.0. The van der Waals surface area contributed by atoms with Gasteiger partial charge in [0.1, 0.15) is 6.71 Å². The Balaban J connectivity index is 1.77. The summed E-state index contributed by atoms with van der Waals surface area (Å²) in [7, 11) is 0. The molecule has 0 radical (unpaired) electrons. The lowest BCUT2D eigenvalue weighted by molar-refractivity contribution is -0.117. The van der Waals surface area contributed by atoms with Gasteiger partial charge in [0, 0.05) is 0 Å². The maximum absolute atomic E-state index is 2.56. The van der Waals surface area contributed by atoms with E-state index in [0.717, 1.165) is 36.2 Å². The fourth-order valence-electron chi connectivity index (χ4n) is 6.10. The summed E-state index contributed by atoms with van der Waals surface area (Å²) < 4.78 is 0. The Hall–Kier alpha value is 0.0649. The standard InChI is InChI=1S/C18H33B/c1-13(2)17-15-11-14(18(15,3)4)12-16(17)19-9-7-5-6-8-10-19/h13-17H,5-12H2,1-4H3/t14-,15+,16+,17?/m0/s1. The van der Waals surface area contributed by atoms with Gasteiger partial charge in [-0.3, -0.25) is 0 Å². The molecule has 3 aliphatic carbocycles. The quantitative estimate of drug-likeness (QED) is 0.553. The Morgan fingerprint density at radius 1 is 0.947 bits per heavy atom. The van der Waals surface area contributed by atoms with Gasteiger partial charge >= 0.3 is 0 Å². The van der Waals surface area contributed by atoms with Crippen molar-refractivity contribution >= 4 is 6.71 Å². The van der Waals surface area contributed by atoms with Gasteiger partial charge in [-0.2, -0.15) is 0 Å². The zero-order valence-corrected chi connectivity index (χ0v) is 13.6. The molecule has 0 spiro atoms. The number of fused-ring (bicyclic) bond motifs is 2. The van der Waals surface area contributed by atoms with Gasteiger partial charge in [0.05, 0.1) is 0 Å². The van der Waals surface area contributed by atoms with Crippen LogP contribution >= 0.6 is 0 Å². The highest BCUT2D eigenvalue weighted by Gasteiger charge is 2.59. The normalized spacial score (nSPS) is 41.8. The van der Waals surface area contributed by atoms with Crippen LogP contribution in [0.3, 0.4) is 0 Å². The van der Waals surface area contributed by atoms with E-state index in [0.29, 0.717) is 5.41 Å². The highest BCUT2D eigenvalue weighted by atomic mass is 14.6. The second-order valence-electron chi connectivity index (χ2n) is 8.83. The highest BCUT2D eigenvalue weighted by Crippen LogP contribution is 2.67. The molecule has 0 aromatic rings. The van der Waals surface area contributed by atoms with E-state index in [9.17, 15) is 0 Å². The van der Waals surface area contributed by atoms with Gasteiger partial charge in [0.15, 0.2) is 0 Å². The van der Waals surface area contributed by atoms with Crippen molar-refractivity contribution in [3.8, 4) is 0 Å². The predicted octanol–water partition coefficient (Wildman–Crippen LogP) is 5.76. The first-order valence-electron chi connectivity index (χ1n) is 9.01. The summed E-state index contributed by atoms with van der Waals surface area (Å²) in [5.41, 5.74) is 0.663. The van der Waals surface area contributed by atoms with E-state index in [1.807, 2.05) is 0 Å². The first-order chi connectivity index (χ1) is 9.01. The molecule has 0 N–H and O–H groups in total. The maximum Gasteiger partial charge on any atom is 0.143 e. The van der Waals surface area contributed by atoms with Gasteiger partial charge in [-0.15, -0.1) is 0 Å². The molecule has 4 aliphatic rings. The van der Waals surface area contributed by atoms with E-state index in [4.69, 9.17) is 0 Å². The number of hydrogen-bond acceptors (Lipinski definition) is 0. The monoisotopic (exact) mass is 260 g/mol. The van der Waals surface area contributed by atoms with E-state index in [1.165, 1.54) is 25.7 Å². The van der Waals surface area contributed by atoms with Crippen molar-refractivity contribution in [2.24, 2.45) is 29.1 Å². The summed E-state index contributed by atoms with van der Waals surface area (Å²) >= 11 is 0. The molecule has 1 heteroatoms. The van der Waals surface area contributed by atoms with Crippen molar-refractivity contribution in [3.05, 3.63) is 0 Å². The first-order valence-corrected chi connectivity index (χ1v) is 9.01. The van der Waals surface area contributed by atoms with Crippen molar-refractivity contribution < 1.29 is 0 Å². The largest absolute Gasteiger partial charge is 0.143 e. The SMILES string of the molecule is CC(C)C1[C@H]2C[C@@H](C[C@H]1B1CCCCCC1)C2(C)C. The smallest absolute Gasteiger partial charge is 0.0739 e. The second kappa shape index (κ2) is 5.12. The topological polar surface area (TPSA) is 0 Å². The number of hydrogen-bond donors (Lipinski definition) is 0. The molecule has 108 valence electrons. The third kappa shape index (κ3) is 2.30. The van der Waals surface area contributed by atoms with Crippen LogP contribution in [-0.2, 0) is 0 Å². The fraction of sp³-hybridized carbons (Fsp3) is 1.00. The molecule has 19 heavy (non-hydrogen) atoms. The van der Waals surface area contributed by atoms with Gasteiger partial charge in [-0.25, -0.2) is 0 Å². The van der Waals surface area contributed by atoms with Crippen LogP contribution in [-0.4, -0.2) is 6.71 Å². The molecule has 1 unspecified atom stereocenters. The highest BCUT2D eigenvalue weighted by molar-refractivity contribution is 6.60. The molecule has 0 aromatic carbocycles. The van der Waals surface area contributed by atoms with Gasteiger partial charge in [-0.05, 0) is 35.5 Å². The molecule has 1 heterocycles. The molecule has 2 bridgehead atoms. The molecule has 3 saturated carbocycles. The average molecular weight is 260 g/mol. The molecule has 1 aliphatic heterocycles. The minimum absolute atomic E-state index is 0.663. The van der Waals surface area contributed by atoms with Gasteiger partial charge in [-0.1, -0.05) is 78.3 Å². The minimum atomic E-state index is 0.663. The molecule has 4 fully saturated rings. The molecular weight excluding hydrogens is 227 g/mol. The Kier molecular flexibility index (Phi) is 3.78. The van der Waals surface area contributed by atoms with Crippen LogP contribution in [0.4, 0.5) is 0 Å². The Bertz CT molecular complexity index is 312. The van der Waals surface area contributed by atoms with Gasteiger partial charge in [0.2, 0.25) is 0 Å². The lowest BCUT2D eigenvalue weighted by Crippen LogP contribution is -2.57. The summed E-state index contributed by atoms with van der Waals surface area (Å²) in [5.74, 6) is 5.11. The van der Waals surface area contributed by atoms with Crippen molar-refractivity contribution in [2.45, 2.75) is 84.7 Å². The summed E-state index contributed by atoms with van der Waals surface area (Å²) in [6, 6.07) is 0. The van der Waals surface area contributed by atoms with E-state index >= 15 is 0 Å². The Morgan fingerprint density at radius 2 is 1.58 bits per heavy atom. The van der Waals surface area contributed by atoms with Crippen molar-refractivity contribution in [1.29, 1.82) is 0 Å². The van der Waals surface area contributed by atoms with Crippen LogP contribution in [0.15, 0.2) is 0 Å². The maximum atomic E-state index is 2.56. The van der Waals surface area contributed by atoms with Gasteiger partial charge in [0.25, 0.3) is 0 Å². The molecule has 0 aromatic heterocycles. The van der Waals surface area contributed by atoms with Crippen molar-refractivity contribution in [1.82, 2.24) is 0 Å². The molecule has 0 nitrogen and oxygen atoms in total. The fourth-order valence-corrected chi connectivity index (χ4v) is 6.10. The summed E-state index contributed by atoms with van der Waals surface area (Å²) in [6.45, 7) is 11.2. The van der Waals surface area contributed by atoms with Crippen LogP contribution < -0.4 is 0 Å². The van der Waals surface area contributed by atoms with E-state index in [1.54, 1.807) is 25.5 Å². The zero-order chi connectivity index (χ0) is 13.6. The summed E-state index contributed by atoms with van der Waals surface area (Å²) in [5, 5.41) is 0. The minimum Gasteiger partial charge on any atom is -0.0739 e. The van der Waals surface area contributed by atoms with Crippen LogP contribution in [0.2, 0.25) is 18.5 Å². The predicted molar refractivity (Wildman–Crippen MR) is 85.9 cm³/mol. The summed E-state index contributed by atoms with van der Waals surface area (Å²) in [6.07, 6.45) is 12.3. The zero-order valence-electron chi connectivity index (χ0n) is 13.6. The van der Waals surface area contributed by atoms with Crippen LogP contribution in [0.25, 0.3) is 0 Å². The van der Waals surface area contributed by atoms with Gasteiger partial charge < -0.3 is 0 Å². The molecule has 4 atom stereocenters. The molecular formula is C18H33B. The van der Waals surface area contributed by atoms with E-state index < -0.39 is 0 Å². The third-order valence-electron chi connectivity index (χ3n) is 7.34.